The molecule has 0 aliphatic heterocycles. The van der Waals surface area contributed by atoms with E-state index in [4.69, 9.17) is 22.8 Å². The van der Waals surface area contributed by atoms with Crippen molar-refractivity contribution in [3.8, 4) is 18.1 Å². The number of rotatable bonds is 3. The van der Waals surface area contributed by atoms with Gasteiger partial charge in [0.2, 0.25) is 0 Å². The summed E-state index contributed by atoms with van der Waals surface area (Å²) in [7, 11) is 0. The van der Waals surface area contributed by atoms with E-state index in [0.29, 0.717) is 17.4 Å². The van der Waals surface area contributed by atoms with Crippen LogP contribution in [0.5, 0.6) is 5.75 Å². The number of hydrogen-bond acceptors (Lipinski definition) is 1. The summed E-state index contributed by atoms with van der Waals surface area (Å²) < 4.78 is 5.31. The van der Waals surface area contributed by atoms with Crippen molar-refractivity contribution in [2.45, 2.75) is 13.8 Å². The summed E-state index contributed by atoms with van der Waals surface area (Å²) in [6.07, 6.45) is 5.29. The first-order valence-electron chi connectivity index (χ1n) is 4.42. The van der Waals surface area contributed by atoms with Crippen LogP contribution in [-0.4, -0.2) is 6.61 Å². The average molecular weight is 208 g/mol. The zero-order valence-electron chi connectivity index (χ0n) is 8.30. The summed E-state index contributed by atoms with van der Waals surface area (Å²) in [5.41, 5.74) is 0.959. The maximum absolute atomic E-state index is 6.00. The molecule has 0 bridgehead atoms. The van der Waals surface area contributed by atoms with Crippen molar-refractivity contribution in [1.82, 2.24) is 0 Å². The van der Waals surface area contributed by atoms with Crippen LogP contribution in [0.3, 0.4) is 0 Å². The van der Waals surface area contributed by atoms with Gasteiger partial charge in [-0.15, -0.1) is 6.42 Å². The summed E-state index contributed by atoms with van der Waals surface area (Å²) in [5.74, 6) is 4.14. The SMILES string of the molecule is C#C[C](C)c1ccc(OCC)c(Cl)c1. The van der Waals surface area contributed by atoms with E-state index in [1.807, 2.05) is 32.0 Å². The van der Waals surface area contributed by atoms with E-state index in [9.17, 15) is 0 Å². The topological polar surface area (TPSA) is 9.23 Å². The van der Waals surface area contributed by atoms with Crippen LogP contribution in [0, 0.1) is 18.3 Å². The van der Waals surface area contributed by atoms with Gasteiger partial charge in [0.05, 0.1) is 17.5 Å². The van der Waals surface area contributed by atoms with Crippen LogP contribution < -0.4 is 4.74 Å². The van der Waals surface area contributed by atoms with E-state index in [0.717, 1.165) is 11.5 Å². The lowest BCUT2D eigenvalue weighted by Crippen LogP contribution is -1.95. The van der Waals surface area contributed by atoms with Gasteiger partial charge in [0.25, 0.3) is 0 Å². The largest absolute Gasteiger partial charge is 0.492 e. The second kappa shape index (κ2) is 4.93. The lowest BCUT2D eigenvalue weighted by atomic mass is 10.0. The van der Waals surface area contributed by atoms with Gasteiger partial charge >= 0.3 is 0 Å². The predicted octanol–water partition coefficient (Wildman–Crippen LogP) is 3.31. The Bertz CT molecular complexity index is 352. The maximum Gasteiger partial charge on any atom is 0.137 e. The van der Waals surface area contributed by atoms with Crippen molar-refractivity contribution >= 4 is 11.6 Å². The van der Waals surface area contributed by atoms with Crippen LogP contribution in [0.25, 0.3) is 0 Å². The monoisotopic (exact) mass is 207 g/mol. The third-order valence-electron chi connectivity index (χ3n) is 1.88. The molecule has 0 aliphatic carbocycles. The highest BCUT2D eigenvalue weighted by Gasteiger charge is 2.06. The Kier molecular flexibility index (Phi) is 3.85. The van der Waals surface area contributed by atoms with E-state index < -0.39 is 0 Å². The van der Waals surface area contributed by atoms with E-state index in [1.165, 1.54) is 0 Å². The molecule has 2 heteroatoms. The fourth-order valence-electron chi connectivity index (χ4n) is 1.09. The highest BCUT2D eigenvalue weighted by atomic mass is 35.5. The molecule has 0 saturated heterocycles. The molecule has 0 aliphatic rings. The molecule has 1 radical (unpaired) electrons. The number of benzene rings is 1. The van der Waals surface area contributed by atoms with E-state index >= 15 is 0 Å². The lowest BCUT2D eigenvalue weighted by molar-refractivity contribution is 0.340. The minimum Gasteiger partial charge on any atom is -0.492 e. The van der Waals surface area contributed by atoms with Gasteiger partial charge in [0, 0.05) is 0 Å². The predicted molar refractivity (Wildman–Crippen MR) is 59.5 cm³/mol. The molecule has 0 saturated carbocycles. The van der Waals surface area contributed by atoms with Crippen LogP contribution >= 0.6 is 11.6 Å². The number of ether oxygens (including phenoxy) is 1. The molecule has 14 heavy (non-hydrogen) atoms. The summed E-state index contributed by atoms with van der Waals surface area (Å²) in [6, 6.07) is 5.57. The van der Waals surface area contributed by atoms with Crippen molar-refractivity contribution in [2.24, 2.45) is 0 Å². The number of hydrogen-bond donors (Lipinski definition) is 0. The smallest absolute Gasteiger partial charge is 0.137 e. The van der Waals surface area contributed by atoms with Crippen LogP contribution in [0.2, 0.25) is 5.02 Å². The van der Waals surface area contributed by atoms with Crippen LogP contribution in [0.4, 0.5) is 0 Å². The van der Waals surface area contributed by atoms with Gasteiger partial charge in [-0.25, -0.2) is 0 Å². The molecular formula is C12H12ClO. The molecular weight excluding hydrogens is 196 g/mol. The van der Waals surface area contributed by atoms with Crippen molar-refractivity contribution in [3.05, 3.63) is 34.7 Å². The molecule has 73 valence electrons. The number of terminal acetylenes is 1. The molecule has 1 rings (SSSR count). The molecule has 0 aromatic heterocycles. The molecule has 1 aromatic carbocycles. The Morgan fingerprint density at radius 2 is 2.29 bits per heavy atom. The summed E-state index contributed by atoms with van der Waals surface area (Å²) in [4.78, 5) is 0. The average Bonchev–Trinajstić information content (AvgIpc) is 2.20. The van der Waals surface area contributed by atoms with Gasteiger partial charge in [-0.05, 0) is 31.5 Å². The Balaban J connectivity index is 2.95. The zero-order valence-corrected chi connectivity index (χ0v) is 9.06. The Hall–Kier alpha value is -1.13. The summed E-state index contributed by atoms with van der Waals surface area (Å²) >= 11 is 6.00. The maximum atomic E-state index is 6.00. The Labute approximate surface area is 90.0 Å². The van der Waals surface area contributed by atoms with E-state index in [-0.39, 0.29) is 0 Å². The third-order valence-corrected chi connectivity index (χ3v) is 2.18. The highest BCUT2D eigenvalue weighted by Crippen LogP contribution is 2.27. The molecule has 0 N–H and O–H groups in total. The molecule has 0 atom stereocenters. The normalized spacial score (nSPS) is 9.93. The fourth-order valence-corrected chi connectivity index (χ4v) is 1.33. The zero-order chi connectivity index (χ0) is 10.6. The second-order valence-corrected chi connectivity index (χ2v) is 3.25. The van der Waals surface area contributed by atoms with E-state index in [1.54, 1.807) is 0 Å². The van der Waals surface area contributed by atoms with Crippen molar-refractivity contribution < 1.29 is 4.74 Å². The lowest BCUT2D eigenvalue weighted by Gasteiger charge is -2.08. The minimum atomic E-state index is 0.596. The van der Waals surface area contributed by atoms with Gasteiger partial charge in [-0.2, -0.15) is 0 Å². The van der Waals surface area contributed by atoms with Crippen molar-refractivity contribution in [3.63, 3.8) is 0 Å². The first kappa shape index (κ1) is 10.9. The first-order valence-corrected chi connectivity index (χ1v) is 4.79. The van der Waals surface area contributed by atoms with Crippen molar-refractivity contribution in [2.75, 3.05) is 6.61 Å². The van der Waals surface area contributed by atoms with Crippen LogP contribution in [-0.2, 0) is 0 Å². The van der Waals surface area contributed by atoms with Gasteiger partial charge in [-0.1, -0.05) is 23.6 Å². The quantitative estimate of drug-likeness (QED) is 0.691. The molecule has 1 nitrogen and oxygen atoms in total. The standard InChI is InChI=1S/C12H12ClO/c1-4-9(3)10-6-7-12(14-5-2)11(13)8-10/h1,6-8H,5H2,2-3H3. The highest BCUT2D eigenvalue weighted by molar-refractivity contribution is 6.32. The third kappa shape index (κ3) is 2.43. The molecule has 0 unspecified atom stereocenters. The molecule has 0 heterocycles. The van der Waals surface area contributed by atoms with E-state index in [2.05, 4.69) is 5.92 Å². The van der Waals surface area contributed by atoms with Gasteiger partial charge in [-0.3, -0.25) is 0 Å². The number of halogens is 1. The second-order valence-electron chi connectivity index (χ2n) is 2.85. The molecule has 0 amide bonds. The van der Waals surface area contributed by atoms with Crippen LogP contribution in [0.1, 0.15) is 19.4 Å². The van der Waals surface area contributed by atoms with Crippen molar-refractivity contribution in [1.29, 1.82) is 0 Å². The molecule has 1 aromatic rings. The fraction of sp³-hybridized carbons (Fsp3) is 0.250. The van der Waals surface area contributed by atoms with Gasteiger partial charge in [0.15, 0.2) is 0 Å². The molecule has 0 spiro atoms. The summed E-state index contributed by atoms with van der Waals surface area (Å²) in [6.45, 7) is 4.41. The summed E-state index contributed by atoms with van der Waals surface area (Å²) in [5, 5.41) is 0.596. The Morgan fingerprint density at radius 1 is 1.57 bits per heavy atom. The first-order chi connectivity index (χ1) is 6.69. The van der Waals surface area contributed by atoms with Gasteiger partial charge in [0.1, 0.15) is 5.75 Å². The minimum absolute atomic E-state index is 0.596. The van der Waals surface area contributed by atoms with Gasteiger partial charge < -0.3 is 4.74 Å². The Morgan fingerprint density at radius 3 is 2.79 bits per heavy atom. The molecule has 0 fully saturated rings. The van der Waals surface area contributed by atoms with Crippen LogP contribution in [0.15, 0.2) is 18.2 Å².